The first-order valence-electron chi connectivity index (χ1n) is 6.78. The number of aromatic hydroxyl groups is 1. The number of phenols is 1. The van der Waals surface area contributed by atoms with Crippen molar-refractivity contribution in [3.8, 4) is 11.5 Å². The highest BCUT2D eigenvalue weighted by atomic mass is 16.5. The van der Waals surface area contributed by atoms with Crippen LogP contribution in [0.5, 0.6) is 11.5 Å². The van der Waals surface area contributed by atoms with Gasteiger partial charge in [-0.25, -0.2) is 0 Å². The maximum absolute atomic E-state index is 10.9. The summed E-state index contributed by atoms with van der Waals surface area (Å²) in [5.41, 5.74) is 1.58. The Balaban J connectivity index is 2.09. The van der Waals surface area contributed by atoms with Gasteiger partial charge in [0.05, 0.1) is 5.92 Å². The maximum atomic E-state index is 10.9. The largest absolute Gasteiger partial charge is 0.504 e. The Morgan fingerprint density at radius 1 is 1.14 bits per heavy atom. The number of ether oxygens (including phenoxy) is 1. The number of phenolic OH excluding ortho intramolecular Hbond substituents is 1. The zero-order valence-corrected chi connectivity index (χ0v) is 11.8. The average Bonchev–Trinajstić information content (AvgIpc) is 2.49. The minimum absolute atomic E-state index is 0.0153. The third kappa shape index (κ3) is 3.99. The van der Waals surface area contributed by atoms with Crippen LogP contribution in [0.2, 0.25) is 0 Å². The third-order valence-corrected chi connectivity index (χ3v) is 3.27. The Morgan fingerprint density at radius 2 is 1.86 bits per heavy atom. The molecule has 1 atom stereocenters. The molecule has 0 bridgehead atoms. The standard InChI is InChI=1S/C17H18O4/c1-12(17(19)20)10-14-8-5-9-15(16(14)18)21-11-13-6-3-2-4-7-13/h2-9,12,18H,10-11H2,1H3,(H,19,20). The molecule has 2 aromatic carbocycles. The number of carboxylic acid groups (broad SMARTS) is 1. The maximum Gasteiger partial charge on any atom is 0.306 e. The Hall–Kier alpha value is -2.49. The van der Waals surface area contributed by atoms with Crippen LogP contribution in [0.1, 0.15) is 18.1 Å². The van der Waals surface area contributed by atoms with E-state index in [4.69, 9.17) is 9.84 Å². The lowest BCUT2D eigenvalue weighted by Gasteiger charge is -2.13. The van der Waals surface area contributed by atoms with Gasteiger partial charge < -0.3 is 14.9 Å². The van der Waals surface area contributed by atoms with E-state index >= 15 is 0 Å². The first-order valence-corrected chi connectivity index (χ1v) is 6.78. The van der Waals surface area contributed by atoms with Gasteiger partial charge in [0.2, 0.25) is 0 Å². The van der Waals surface area contributed by atoms with Crippen molar-refractivity contribution < 1.29 is 19.7 Å². The Bertz CT molecular complexity index is 607. The van der Waals surface area contributed by atoms with Crippen LogP contribution < -0.4 is 4.74 Å². The molecule has 0 aliphatic carbocycles. The van der Waals surface area contributed by atoms with Crippen molar-refractivity contribution in [3.63, 3.8) is 0 Å². The minimum Gasteiger partial charge on any atom is -0.504 e. The summed E-state index contributed by atoms with van der Waals surface area (Å²) in [5, 5.41) is 19.1. The van der Waals surface area contributed by atoms with Gasteiger partial charge in [-0.15, -0.1) is 0 Å². The quantitative estimate of drug-likeness (QED) is 0.855. The van der Waals surface area contributed by atoms with Crippen molar-refractivity contribution in [3.05, 3.63) is 59.7 Å². The highest BCUT2D eigenvalue weighted by Crippen LogP contribution is 2.32. The van der Waals surface area contributed by atoms with E-state index < -0.39 is 11.9 Å². The van der Waals surface area contributed by atoms with Gasteiger partial charge in [-0.3, -0.25) is 4.79 Å². The zero-order valence-electron chi connectivity index (χ0n) is 11.8. The van der Waals surface area contributed by atoms with Crippen molar-refractivity contribution in [1.29, 1.82) is 0 Å². The summed E-state index contributed by atoms with van der Waals surface area (Å²) in [6.07, 6.45) is 0.268. The van der Waals surface area contributed by atoms with Crippen LogP contribution in [0.3, 0.4) is 0 Å². The first kappa shape index (κ1) is 14.9. The fourth-order valence-electron chi connectivity index (χ4n) is 2.00. The molecule has 0 aliphatic rings. The van der Waals surface area contributed by atoms with E-state index in [1.807, 2.05) is 30.3 Å². The number of rotatable bonds is 6. The predicted molar refractivity (Wildman–Crippen MR) is 79.4 cm³/mol. The number of carbonyl (C=O) groups is 1. The van der Waals surface area contributed by atoms with E-state index in [2.05, 4.69) is 0 Å². The van der Waals surface area contributed by atoms with Crippen LogP contribution in [-0.2, 0) is 17.8 Å². The van der Waals surface area contributed by atoms with Gasteiger partial charge in [-0.1, -0.05) is 49.4 Å². The van der Waals surface area contributed by atoms with E-state index in [1.54, 1.807) is 25.1 Å². The molecule has 0 amide bonds. The molecule has 2 N–H and O–H groups in total. The van der Waals surface area contributed by atoms with Crippen LogP contribution in [-0.4, -0.2) is 16.2 Å². The lowest BCUT2D eigenvalue weighted by Crippen LogP contribution is -2.12. The summed E-state index contributed by atoms with van der Waals surface area (Å²) in [7, 11) is 0. The number of hydrogen-bond acceptors (Lipinski definition) is 3. The molecule has 0 saturated carbocycles. The monoisotopic (exact) mass is 286 g/mol. The molecule has 0 aliphatic heterocycles. The van der Waals surface area contributed by atoms with Gasteiger partial charge in [0.25, 0.3) is 0 Å². The number of carboxylic acids is 1. The highest BCUT2D eigenvalue weighted by molar-refractivity contribution is 5.70. The van der Waals surface area contributed by atoms with Crippen molar-refractivity contribution in [2.24, 2.45) is 5.92 Å². The van der Waals surface area contributed by atoms with Crippen LogP contribution in [0.25, 0.3) is 0 Å². The first-order chi connectivity index (χ1) is 10.1. The van der Waals surface area contributed by atoms with Gasteiger partial charge >= 0.3 is 5.97 Å². The normalized spacial score (nSPS) is 11.9. The second kappa shape index (κ2) is 6.79. The number of benzene rings is 2. The van der Waals surface area contributed by atoms with E-state index in [0.29, 0.717) is 17.9 Å². The van der Waals surface area contributed by atoms with E-state index in [0.717, 1.165) is 5.56 Å². The molecule has 2 aromatic rings. The zero-order chi connectivity index (χ0) is 15.2. The van der Waals surface area contributed by atoms with Crippen LogP contribution in [0.4, 0.5) is 0 Å². The molecule has 4 nitrogen and oxygen atoms in total. The second-order valence-electron chi connectivity index (χ2n) is 4.98. The molecule has 0 fully saturated rings. The van der Waals surface area contributed by atoms with Crippen molar-refractivity contribution in [1.82, 2.24) is 0 Å². The Labute approximate surface area is 123 Å². The SMILES string of the molecule is CC(Cc1cccc(OCc2ccccc2)c1O)C(=O)O. The molecule has 0 aromatic heterocycles. The van der Waals surface area contributed by atoms with Gasteiger partial charge in [0.15, 0.2) is 11.5 Å². The highest BCUT2D eigenvalue weighted by Gasteiger charge is 2.16. The molecule has 0 heterocycles. The molecule has 0 radical (unpaired) electrons. The van der Waals surface area contributed by atoms with Crippen molar-refractivity contribution in [2.75, 3.05) is 0 Å². The third-order valence-electron chi connectivity index (χ3n) is 3.27. The second-order valence-corrected chi connectivity index (χ2v) is 4.98. The fraction of sp³-hybridized carbons (Fsp3) is 0.235. The summed E-state index contributed by atoms with van der Waals surface area (Å²) in [5.74, 6) is -1.05. The van der Waals surface area contributed by atoms with Crippen LogP contribution >= 0.6 is 0 Å². The van der Waals surface area contributed by atoms with E-state index in [-0.39, 0.29) is 12.2 Å². The molecule has 21 heavy (non-hydrogen) atoms. The molecular weight excluding hydrogens is 268 g/mol. The molecule has 0 spiro atoms. The number of para-hydroxylation sites is 1. The lowest BCUT2D eigenvalue weighted by molar-refractivity contribution is -0.141. The van der Waals surface area contributed by atoms with Crippen molar-refractivity contribution >= 4 is 5.97 Å². The number of aliphatic carboxylic acids is 1. The lowest BCUT2D eigenvalue weighted by atomic mass is 10.0. The van der Waals surface area contributed by atoms with E-state index in [1.165, 1.54) is 0 Å². The van der Waals surface area contributed by atoms with E-state index in [9.17, 15) is 9.90 Å². The fourth-order valence-corrected chi connectivity index (χ4v) is 2.00. The van der Waals surface area contributed by atoms with Gasteiger partial charge in [-0.2, -0.15) is 0 Å². The summed E-state index contributed by atoms with van der Waals surface area (Å²) in [6.45, 7) is 1.96. The summed E-state index contributed by atoms with van der Waals surface area (Å²) in [6, 6.07) is 14.8. The summed E-state index contributed by atoms with van der Waals surface area (Å²) in [4.78, 5) is 10.9. The molecular formula is C17H18O4. The molecule has 4 heteroatoms. The van der Waals surface area contributed by atoms with Gasteiger partial charge in [-0.05, 0) is 23.6 Å². The summed E-state index contributed by atoms with van der Waals surface area (Å²) < 4.78 is 5.61. The molecule has 1 unspecified atom stereocenters. The smallest absolute Gasteiger partial charge is 0.306 e. The predicted octanol–water partition coefficient (Wildman–Crippen LogP) is 3.23. The van der Waals surface area contributed by atoms with Crippen LogP contribution in [0, 0.1) is 5.92 Å². The number of hydrogen-bond donors (Lipinski definition) is 2. The van der Waals surface area contributed by atoms with Crippen LogP contribution in [0.15, 0.2) is 48.5 Å². The van der Waals surface area contributed by atoms with Gasteiger partial charge in [0.1, 0.15) is 6.61 Å². The summed E-state index contributed by atoms with van der Waals surface area (Å²) >= 11 is 0. The molecule has 2 rings (SSSR count). The Kier molecular flexibility index (Phi) is 4.82. The topological polar surface area (TPSA) is 66.8 Å². The van der Waals surface area contributed by atoms with Gasteiger partial charge in [0, 0.05) is 0 Å². The Morgan fingerprint density at radius 3 is 2.52 bits per heavy atom. The van der Waals surface area contributed by atoms with Crippen molar-refractivity contribution in [2.45, 2.75) is 20.0 Å². The molecule has 110 valence electrons. The minimum atomic E-state index is -0.884. The average molecular weight is 286 g/mol. The molecule has 0 saturated heterocycles.